The quantitative estimate of drug-likeness (QED) is 0.697. The summed E-state index contributed by atoms with van der Waals surface area (Å²) in [7, 11) is 1.53. The molecule has 1 atom stereocenters. The van der Waals surface area contributed by atoms with Gasteiger partial charge in [0.15, 0.2) is 0 Å². The first-order valence-corrected chi connectivity index (χ1v) is 10.5. The lowest BCUT2D eigenvalue weighted by molar-refractivity contribution is -0.122. The molecule has 31 heavy (non-hydrogen) atoms. The second kappa shape index (κ2) is 9.20. The predicted molar refractivity (Wildman–Crippen MR) is 118 cm³/mol. The van der Waals surface area contributed by atoms with Gasteiger partial charge in [-0.1, -0.05) is 50.3 Å². The Morgan fingerprint density at radius 2 is 1.94 bits per heavy atom. The molecule has 1 aliphatic heterocycles. The number of ketones is 1. The lowest BCUT2D eigenvalue weighted by Gasteiger charge is -2.39. The maximum atomic E-state index is 12.8. The van der Waals surface area contributed by atoms with Gasteiger partial charge in [-0.2, -0.15) is 0 Å². The van der Waals surface area contributed by atoms with Crippen LogP contribution in [-0.2, 0) is 9.59 Å². The van der Waals surface area contributed by atoms with Gasteiger partial charge in [0.1, 0.15) is 11.6 Å². The molecule has 1 heterocycles. The highest BCUT2D eigenvalue weighted by atomic mass is 16.4. The summed E-state index contributed by atoms with van der Waals surface area (Å²) in [6, 6.07) is 9.61. The van der Waals surface area contributed by atoms with Gasteiger partial charge in [0, 0.05) is 44.1 Å². The molecule has 0 radical (unpaired) electrons. The van der Waals surface area contributed by atoms with E-state index in [0.29, 0.717) is 18.8 Å². The molecule has 1 aromatic rings. The van der Waals surface area contributed by atoms with Crippen molar-refractivity contribution in [1.29, 1.82) is 0 Å². The van der Waals surface area contributed by atoms with E-state index in [9.17, 15) is 19.5 Å². The molecule has 0 saturated heterocycles. The third kappa shape index (κ3) is 4.87. The number of hydrogen-bond acceptors (Lipinski definition) is 4. The first kappa shape index (κ1) is 22.3. The number of rotatable bonds is 7. The molecule has 7 nitrogen and oxygen atoms in total. The molecule has 0 fully saturated rings. The van der Waals surface area contributed by atoms with Gasteiger partial charge in [0.2, 0.25) is 5.91 Å². The van der Waals surface area contributed by atoms with Crippen molar-refractivity contribution in [3.05, 3.63) is 65.1 Å². The molecule has 164 valence electrons. The predicted octanol–water partition coefficient (Wildman–Crippen LogP) is 3.60. The number of fused-ring (bicyclic) bond motifs is 1. The van der Waals surface area contributed by atoms with Crippen LogP contribution in [0.2, 0.25) is 0 Å². The average Bonchev–Trinajstić information content (AvgIpc) is 2.71. The van der Waals surface area contributed by atoms with Crippen LogP contribution in [0.15, 0.2) is 59.6 Å². The Kier molecular flexibility index (Phi) is 6.63. The maximum Gasteiger partial charge on any atom is 0.412 e. The number of carbonyl (C=O) groups is 3. The van der Waals surface area contributed by atoms with Crippen LogP contribution in [0.1, 0.15) is 38.7 Å². The molecule has 1 aliphatic carbocycles. The van der Waals surface area contributed by atoms with E-state index in [1.807, 2.05) is 47.5 Å². The van der Waals surface area contributed by atoms with E-state index in [2.05, 4.69) is 13.8 Å². The van der Waals surface area contributed by atoms with Crippen LogP contribution in [0, 0.1) is 11.8 Å². The number of carbonyl (C=O) groups excluding carboxylic acids is 2. The molecule has 3 N–H and O–H groups in total. The molecule has 3 rings (SSSR count). The van der Waals surface area contributed by atoms with E-state index in [-0.39, 0.29) is 24.5 Å². The summed E-state index contributed by atoms with van der Waals surface area (Å²) >= 11 is 0. The topological polar surface area (TPSA) is 104 Å². The van der Waals surface area contributed by atoms with Crippen LogP contribution < -0.4 is 5.73 Å². The van der Waals surface area contributed by atoms with E-state index >= 15 is 0 Å². The Morgan fingerprint density at radius 1 is 1.26 bits per heavy atom. The monoisotopic (exact) mass is 423 g/mol. The lowest BCUT2D eigenvalue weighted by Crippen LogP contribution is -2.39. The fraction of sp³-hybridized carbons (Fsp3) is 0.375. The summed E-state index contributed by atoms with van der Waals surface area (Å²) in [6.45, 7) is 4.74. The SMILES string of the molecule is CC(C)CN1C=C2CC(=O)C(CCC(N)=O)C=C2C(c2ccccc2)=C1N(C)C(=O)O. The summed E-state index contributed by atoms with van der Waals surface area (Å²) in [6.07, 6.45) is 3.44. The van der Waals surface area contributed by atoms with Gasteiger partial charge in [-0.15, -0.1) is 0 Å². The Bertz CT molecular complexity index is 976. The van der Waals surface area contributed by atoms with Crippen LogP contribution in [0.5, 0.6) is 0 Å². The minimum absolute atomic E-state index is 0.0446. The summed E-state index contributed by atoms with van der Waals surface area (Å²) in [5, 5.41) is 9.81. The zero-order chi connectivity index (χ0) is 22.7. The Labute approximate surface area is 182 Å². The number of primary amides is 1. The van der Waals surface area contributed by atoms with Crippen LogP contribution >= 0.6 is 0 Å². The Morgan fingerprint density at radius 3 is 2.52 bits per heavy atom. The van der Waals surface area contributed by atoms with Crippen LogP contribution in [0.4, 0.5) is 4.79 Å². The first-order valence-electron chi connectivity index (χ1n) is 10.5. The highest BCUT2D eigenvalue weighted by molar-refractivity contribution is 5.96. The highest BCUT2D eigenvalue weighted by Crippen LogP contribution is 2.43. The summed E-state index contributed by atoms with van der Waals surface area (Å²) in [5.74, 6) is 0.0172. The summed E-state index contributed by atoms with van der Waals surface area (Å²) in [4.78, 5) is 39.2. The van der Waals surface area contributed by atoms with Crippen LogP contribution in [0.25, 0.3) is 5.57 Å². The number of nitrogens with zero attached hydrogens (tertiary/aromatic N) is 2. The van der Waals surface area contributed by atoms with Crippen molar-refractivity contribution in [3.63, 3.8) is 0 Å². The molecule has 0 bridgehead atoms. The number of allylic oxidation sites excluding steroid dienone is 4. The number of amides is 2. The molecule has 0 saturated carbocycles. The Balaban J connectivity index is 2.22. The lowest BCUT2D eigenvalue weighted by atomic mass is 9.77. The van der Waals surface area contributed by atoms with Gasteiger partial charge in [0.05, 0.1) is 0 Å². The van der Waals surface area contributed by atoms with E-state index < -0.39 is 17.9 Å². The highest BCUT2D eigenvalue weighted by Gasteiger charge is 2.35. The van der Waals surface area contributed by atoms with Gasteiger partial charge in [0.25, 0.3) is 0 Å². The summed E-state index contributed by atoms with van der Waals surface area (Å²) < 4.78 is 0. The number of carboxylic acid groups (broad SMARTS) is 1. The zero-order valence-corrected chi connectivity index (χ0v) is 18.2. The van der Waals surface area contributed by atoms with E-state index in [1.165, 1.54) is 11.9 Å². The van der Waals surface area contributed by atoms with E-state index in [0.717, 1.165) is 22.3 Å². The number of Topliss-reactive ketones (excluding diaryl/α,β-unsaturated/α-hetero) is 1. The van der Waals surface area contributed by atoms with Crippen molar-refractivity contribution in [3.8, 4) is 0 Å². The number of benzene rings is 1. The van der Waals surface area contributed by atoms with Crippen molar-refractivity contribution in [2.45, 2.75) is 33.1 Å². The fourth-order valence-electron chi connectivity index (χ4n) is 4.10. The number of nitrogens with two attached hydrogens (primary N) is 1. The van der Waals surface area contributed by atoms with Crippen LogP contribution in [0.3, 0.4) is 0 Å². The summed E-state index contributed by atoms with van der Waals surface area (Å²) in [5.41, 5.74) is 8.66. The molecule has 1 unspecified atom stereocenters. The average molecular weight is 424 g/mol. The largest absolute Gasteiger partial charge is 0.465 e. The zero-order valence-electron chi connectivity index (χ0n) is 18.2. The second-order valence-electron chi connectivity index (χ2n) is 8.44. The molecule has 0 spiro atoms. The van der Waals surface area contributed by atoms with Gasteiger partial charge in [-0.05, 0) is 29.0 Å². The molecule has 7 heteroatoms. The first-order chi connectivity index (χ1) is 14.7. The fourth-order valence-corrected chi connectivity index (χ4v) is 4.10. The standard InChI is InChI=1S/C24H29N3O4/c1-15(2)13-27-14-18-12-20(28)17(9-10-21(25)29)11-19(18)22(16-7-5-4-6-8-16)23(27)26(3)24(30)31/h4-8,11,14-15,17H,9-10,12-13H2,1-3H3,(H2,25,29)(H,30,31). The van der Waals surface area contributed by atoms with E-state index in [4.69, 9.17) is 5.73 Å². The maximum absolute atomic E-state index is 12.8. The minimum Gasteiger partial charge on any atom is -0.465 e. The van der Waals surface area contributed by atoms with Gasteiger partial charge >= 0.3 is 6.09 Å². The van der Waals surface area contributed by atoms with Crippen LogP contribution in [-0.4, -0.2) is 46.3 Å². The van der Waals surface area contributed by atoms with Gasteiger partial charge in [-0.25, -0.2) is 4.79 Å². The van der Waals surface area contributed by atoms with Crippen molar-refractivity contribution < 1.29 is 19.5 Å². The third-order valence-corrected chi connectivity index (χ3v) is 5.50. The van der Waals surface area contributed by atoms with Gasteiger partial charge < -0.3 is 15.7 Å². The molecule has 2 amide bonds. The molecular formula is C24H29N3O4. The molecule has 0 aromatic heterocycles. The van der Waals surface area contributed by atoms with Gasteiger partial charge in [-0.3, -0.25) is 14.5 Å². The van der Waals surface area contributed by atoms with Crippen molar-refractivity contribution in [1.82, 2.24) is 9.80 Å². The molecule has 2 aliphatic rings. The van der Waals surface area contributed by atoms with Crippen molar-refractivity contribution >= 4 is 23.4 Å². The van der Waals surface area contributed by atoms with Crippen molar-refractivity contribution in [2.24, 2.45) is 17.6 Å². The van der Waals surface area contributed by atoms with E-state index in [1.54, 1.807) is 0 Å². The Hall–Kier alpha value is -3.35. The number of hydrogen-bond donors (Lipinski definition) is 2. The minimum atomic E-state index is -1.06. The smallest absolute Gasteiger partial charge is 0.412 e. The third-order valence-electron chi connectivity index (χ3n) is 5.50. The normalized spacial score (nSPS) is 18.5. The van der Waals surface area contributed by atoms with Crippen molar-refractivity contribution in [2.75, 3.05) is 13.6 Å². The second-order valence-corrected chi connectivity index (χ2v) is 8.44. The molecule has 1 aromatic carbocycles. The molecular weight excluding hydrogens is 394 g/mol.